The third kappa shape index (κ3) is 3.44. The van der Waals surface area contributed by atoms with Crippen LogP contribution in [0.1, 0.15) is 38.5 Å². The molecule has 2 rings (SSSR count). The molecule has 1 atom stereocenters. The Labute approximate surface area is 110 Å². The highest BCUT2D eigenvalue weighted by atomic mass is 32.2. The van der Waals surface area contributed by atoms with E-state index in [1.807, 2.05) is 0 Å². The number of nitrogens with zero attached hydrogens (tertiary/aromatic N) is 1. The average Bonchev–Trinajstić information content (AvgIpc) is 2.97. The average molecular weight is 276 g/mol. The van der Waals surface area contributed by atoms with Gasteiger partial charge in [-0.2, -0.15) is 4.31 Å². The van der Waals surface area contributed by atoms with Crippen LogP contribution >= 0.6 is 0 Å². The fourth-order valence-corrected chi connectivity index (χ4v) is 4.95. The fraction of sp³-hybridized carbons (Fsp3) is 1.00. The summed E-state index contributed by atoms with van der Waals surface area (Å²) in [5, 5.41) is 0. The van der Waals surface area contributed by atoms with E-state index in [1.165, 1.54) is 0 Å². The lowest BCUT2D eigenvalue weighted by atomic mass is 10.2. The summed E-state index contributed by atoms with van der Waals surface area (Å²) in [5.41, 5.74) is 5.56. The minimum Gasteiger partial charge on any atom is -0.377 e. The van der Waals surface area contributed by atoms with Gasteiger partial charge in [-0.05, 0) is 25.7 Å². The van der Waals surface area contributed by atoms with Crippen molar-refractivity contribution in [2.75, 3.05) is 25.4 Å². The molecule has 2 N–H and O–H groups in total. The molecular weight excluding hydrogens is 252 g/mol. The second-order valence-electron chi connectivity index (χ2n) is 5.25. The van der Waals surface area contributed by atoms with Crippen molar-refractivity contribution in [3.8, 4) is 0 Å². The molecule has 0 radical (unpaired) electrons. The molecule has 1 saturated carbocycles. The number of hydrogen-bond donors (Lipinski definition) is 1. The third-order valence-corrected chi connectivity index (χ3v) is 5.85. The Morgan fingerprint density at radius 2 is 1.89 bits per heavy atom. The summed E-state index contributed by atoms with van der Waals surface area (Å²) in [4.78, 5) is 0. The Kier molecular flexibility index (Phi) is 5.00. The van der Waals surface area contributed by atoms with Crippen molar-refractivity contribution in [3.05, 3.63) is 0 Å². The van der Waals surface area contributed by atoms with E-state index in [0.29, 0.717) is 19.7 Å². The molecule has 0 bridgehead atoms. The van der Waals surface area contributed by atoms with Crippen LogP contribution in [0.15, 0.2) is 0 Å². The first-order chi connectivity index (χ1) is 8.63. The van der Waals surface area contributed by atoms with Gasteiger partial charge in [0.05, 0.1) is 11.9 Å². The van der Waals surface area contributed by atoms with Crippen molar-refractivity contribution < 1.29 is 13.2 Å². The van der Waals surface area contributed by atoms with Crippen LogP contribution in [-0.4, -0.2) is 50.3 Å². The second-order valence-corrected chi connectivity index (χ2v) is 7.22. The van der Waals surface area contributed by atoms with Crippen molar-refractivity contribution in [2.24, 2.45) is 5.73 Å². The number of rotatable bonds is 6. The molecule has 18 heavy (non-hydrogen) atoms. The zero-order chi connectivity index (χ0) is 13.0. The first kappa shape index (κ1) is 14.2. The Balaban J connectivity index is 2.02. The van der Waals surface area contributed by atoms with E-state index in [4.69, 9.17) is 10.5 Å². The van der Waals surface area contributed by atoms with Crippen LogP contribution in [0.5, 0.6) is 0 Å². The normalized spacial score (nSPS) is 26.2. The summed E-state index contributed by atoms with van der Waals surface area (Å²) < 4.78 is 32.0. The number of sulfonamides is 1. The molecule has 2 aliphatic rings. The van der Waals surface area contributed by atoms with E-state index in [0.717, 1.165) is 38.5 Å². The van der Waals surface area contributed by atoms with Crippen LogP contribution in [0.3, 0.4) is 0 Å². The summed E-state index contributed by atoms with van der Waals surface area (Å²) in [6.07, 6.45) is 5.93. The Morgan fingerprint density at radius 1 is 1.17 bits per heavy atom. The molecule has 0 aromatic carbocycles. The summed E-state index contributed by atoms with van der Waals surface area (Å²) in [7, 11) is -3.22. The molecule has 0 amide bonds. The third-order valence-electron chi connectivity index (χ3n) is 3.86. The van der Waals surface area contributed by atoms with Crippen molar-refractivity contribution in [1.29, 1.82) is 0 Å². The predicted molar refractivity (Wildman–Crippen MR) is 70.8 cm³/mol. The molecule has 5 nitrogen and oxygen atoms in total. The largest absolute Gasteiger partial charge is 0.377 e. The maximum atomic E-state index is 12.5. The zero-order valence-corrected chi connectivity index (χ0v) is 11.7. The minimum absolute atomic E-state index is 0.114. The lowest BCUT2D eigenvalue weighted by Crippen LogP contribution is -2.44. The highest BCUT2D eigenvalue weighted by Crippen LogP contribution is 2.26. The molecular formula is C12H24N2O3S. The Hall–Kier alpha value is -0.170. The van der Waals surface area contributed by atoms with Crippen LogP contribution in [0.25, 0.3) is 0 Å². The first-order valence-electron chi connectivity index (χ1n) is 6.94. The maximum absolute atomic E-state index is 12.5. The zero-order valence-electron chi connectivity index (χ0n) is 10.9. The van der Waals surface area contributed by atoms with Crippen LogP contribution in [0, 0.1) is 0 Å². The van der Waals surface area contributed by atoms with E-state index in [-0.39, 0.29) is 17.9 Å². The Morgan fingerprint density at radius 3 is 2.44 bits per heavy atom. The van der Waals surface area contributed by atoms with E-state index < -0.39 is 10.0 Å². The molecule has 1 aliphatic heterocycles. The highest BCUT2D eigenvalue weighted by molar-refractivity contribution is 7.89. The highest BCUT2D eigenvalue weighted by Gasteiger charge is 2.34. The van der Waals surface area contributed by atoms with Gasteiger partial charge < -0.3 is 10.5 Å². The standard InChI is InChI=1S/C12H24N2O3S/c13-7-8-14(11-4-1-2-5-11)18(15,16)10-12-6-3-9-17-12/h11-12H,1-10,13H2. The van der Waals surface area contributed by atoms with Crippen LogP contribution in [0.2, 0.25) is 0 Å². The van der Waals surface area contributed by atoms with Crippen LogP contribution in [-0.2, 0) is 14.8 Å². The summed E-state index contributed by atoms with van der Waals surface area (Å²) in [5.74, 6) is 0.128. The van der Waals surface area contributed by atoms with Gasteiger partial charge in [0.1, 0.15) is 0 Å². The van der Waals surface area contributed by atoms with Gasteiger partial charge in [0.2, 0.25) is 10.0 Å². The van der Waals surface area contributed by atoms with Crippen molar-refractivity contribution in [3.63, 3.8) is 0 Å². The molecule has 106 valence electrons. The number of ether oxygens (including phenoxy) is 1. The van der Waals surface area contributed by atoms with Gasteiger partial charge in [-0.1, -0.05) is 12.8 Å². The van der Waals surface area contributed by atoms with Gasteiger partial charge in [0.25, 0.3) is 0 Å². The Bertz CT molecular complexity index is 346. The first-order valence-corrected chi connectivity index (χ1v) is 8.55. The second kappa shape index (κ2) is 6.32. The van der Waals surface area contributed by atoms with Crippen molar-refractivity contribution in [2.45, 2.75) is 50.7 Å². The van der Waals surface area contributed by atoms with E-state index >= 15 is 0 Å². The van der Waals surface area contributed by atoms with E-state index in [1.54, 1.807) is 4.31 Å². The molecule has 0 aromatic heterocycles. The molecule has 1 unspecified atom stereocenters. The van der Waals surface area contributed by atoms with Gasteiger partial charge in [0.15, 0.2) is 0 Å². The van der Waals surface area contributed by atoms with Gasteiger partial charge in [-0.25, -0.2) is 8.42 Å². The lowest BCUT2D eigenvalue weighted by molar-refractivity contribution is 0.126. The smallest absolute Gasteiger partial charge is 0.216 e. The summed E-state index contributed by atoms with van der Waals surface area (Å²) in [6, 6.07) is 0.167. The monoisotopic (exact) mass is 276 g/mol. The molecule has 6 heteroatoms. The molecule has 2 fully saturated rings. The minimum atomic E-state index is -3.22. The summed E-state index contributed by atoms with van der Waals surface area (Å²) >= 11 is 0. The molecule has 0 spiro atoms. The van der Waals surface area contributed by atoms with Gasteiger partial charge in [-0.3, -0.25) is 0 Å². The van der Waals surface area contributed by atoms with E-state index in [9.17, 15) is 8.42 Å². The fourth-order valence-electron chi connectivity index (χ4n) is 2.97. The molecule has 0 aromatic rings. The van der Waals surface area contributed by atoms with Gasteiger partial charge >= 0.3 is 0 Å². The van der Waals surface area contributed by atoms with Gasteiger partial charge in [0, 0.05) is 25.7 Å². The number of hydrogen-bond acceptors (Lipinski definition) is 4. The number of nitrogens with two attached hydrogens (primary N) is 1. The van der Waals surface area contributed by atoms with Crippen LogP contribution < -0.4 is 5.73 Å². The topological polar surface area (TPSA) is 72.6 Å². The SMILES string of the molecule is NCCN(C1CCCC1)S(=O)(=O)CC1CCCO1. The van der Waals surface area contributed by atoms with E-state index in [2.05, 4.69) is 0 Å². The molecule has 1 saturated heterocycles. The molecule has 1 aliphatic carbocycles. The van der Waals surface area contributed by atoms with Crippen molar-refractivity contribution in [1.82, 2.24) is 4.31 Å². The van der Waals surface area contributed by atoms with Crippen molar-refractivity contribution >= 4 is 10.0 Å². The summed E-state index contributed by atoms with van der Waals surface area (Å²) in [6.45, 7) is 1.53. The maximum Gasteiger partial charge on any atom is 0.216 e. The van der Waals surface area contributed by atoms with Gasteiger partial charge in [-0.15, -0.1) is 0 Å². The molecule has 1 heterocycles. The van der Waals surface area contributed by atoms with Crippen LogP contribution in [0.4, 0.5) is 0 Å². The predicted octanol–water partition coefficient (Wildman–Crippen LogP) is 0.698. The lowest BCUT2D eigenvalue weighted by Gasteiger charge is -2.28. The quantitative estimate of drug-likeness (QED) is 0.775.